The van der Waals surface area contributed by atoms with E-state index in [1.807, 2.05) is 36.1 Å². The maximum absolute atomic E-state index is 13.0. The van der Waals surface area contributed by atoms with E-state index in [1.54, 1.807) is 4.57 Å². The molecule has 1 atom stereocenters. The molecular weight excluding hydrogens is 390 g/mol. The first-order valence-corrected chi connectivity index (χ1v) is 9.72. The second kappa shape index (κ2) is 7.36. The van der Waals surface area contributed by atoms with Crippen LogP contribution >= 0.6 is 0 Å². The molecule has 3 aromatic rings. The highest BCUT2D eigenvalue weighted by Gasteiger charge is 2.29. The first-order valence-electron chi connectivity index (χ1n) is 9.72. The van der Waals surface area contributed by atoms with Crippen molar-refractivity contribution in [2.75, 3.05) is 18.1 Å². The van der Waals surface area contributed by atoms with Crippen molar-refractivity contribution in [1.82, 2.24) is 18.7 Å². The Morgan fingerprint density at radius 3 is 2.57 bits per heavy atom. The summed E-state index contributed by atoms with van der Waals surface area (Å²) in [5.41, 5.74) is -0.123. The van der Waals surface area contributed by atoms with Crippen LogP contribution in [0.1, 0.15) is 13.8 Å². The standard InChI is InChI=1S/C20H23N5O5/c1-4-30-14-7-5-13(6-8-14)23-9-12(2)10-24-16-17(21-19(23)24)22(3)20(29)25(18(16)28)11-15(26)27/h5-8,12H,4,9-11H2,1-3H3,(H,26,27)/p-1. The quantitative estimate of drug-likeness (QED) is 0.572. The zero-order valence-corrected chi connectivity index (χ0v) is 17.0. The number of carboxylic acids is 1. The lowest BCUT2D eigenvalue weighted by atomic mass is 10.1. The third kappa shape index (κ3) is 3.14. The summed E-state index contributed by atoms with van der Waals surface area (Å²) < 4.78 is 9.13. The molecule has 1 aliphatic rings. The number of carbonyl (C=O) groups excluding carboxylic acids is 1. The minimum absolute atomic E-state index is 0.188. The molecule has 1 aliphatic heterocycles. The van der Waals surface area contributed by atoms with Crippen molar-refractivity contribution < 1.29 is 14.6 Å². The van der Waals surface area contributed by atoms with Crippen LogP contribution in [0.3, 0.4) is 0 Å². The molecule has 0 amide bonds. The monoisotopic (exact) mass is 412 g/mol. The number of aryl methyl sites for hydroxylation is 1. The molecule has 10 nitrogen and oxygen atoms in total. The highest BCUT2D eigenvalue weighted by Crippen LogP contribution is 2.33. The molecule has 1 aromatic carbocycles. The number of ether oxygens (including phenoxy) is 1. The number of carbonyl (C=O) groups is 1. The molecule has 1 unspecified atom stereocenters. The molecule has 10 heteroatoms. The summed E-state index contributed by atoms with van der Waals surface area (Å²) in [6, 6.07) is 7.57. The van der Waals surface area contributed by atoms with E-state index in [4.69, 9.17) is 4.74 Å². The topological polar surface area (TPSA) is 114 Å². The molecule has 0 saturated heterocycles. The third-order valence-corrected chi connectivity index (χ3v) is 5.19. The third-order valence-electron chi connectivity index (χ3n) is 5.19. The molecular formula is C20H22N5O5-. The van der Waals surface area contributed by atoms with Gasteiger partial charge in [-0.15, -0.1) is 0 Å². The summed E-state index contributed by atoms with van der Waals surface area (Å²) in [7, 11) is 1.47. The van der Waals surface area contributed by atoms with Crippen molar-refractivity contribution in [3.63, 3.8) is 0 Å². The van der Waals surface area contributed by atoms with Crippen LogP contribution in [0, 0.1) is 5.92 Å². The molecule has 0 fully saturated rings. The molecule has 2 aromatic heterocycles. The predicted octanol–water partition coefficient (Wildman–Crippen LogP) is -0.167. The van der Waals surface area contributed by atoms with E-state index in [0.29, 0.717) is 30.2 Å². The second-order valence-electron chi connectivity index (χ2n) is 7.44. The molecule has 4 rings (SSSR count). The zero-order valence-electron chi connectivity index (χ0n) is 17.0. The number of rotatable bonds is 5. The number of fused-ring (bicyclic) bond motifs is 3. The summed E-state index contributed by atoms with van der Waals surface area (Å²) in [4.78, 5) is 43.1. The number of aromatic nitrogens is 4. The number of imidazole rings is 1. The molecule has 0 spiro atoms. The smallest absolute Gasteiger partial charge is 0.332 e. The maximum atomic E-state index is 13.0. The van der Waals surface area contributed by atoms with Gasteiger partial charge in [0, 0.05) is 25.8 Å². The van der Waals surface area contributed by atoms with Crippen molar-refractivity contribution in [2.24, 2.45) is 13.0 Å². The van der Waals surface area contributed by atoms with Crippen LogP contribution in [0.5, 0.6) is 5.75 Å². The lowest BCUT2D eigenvalue weighted by Gasteiger charge is -2.33. The van der Waals surface area contributed by atoms with E-state index in [1.165, 1.54) is 11.6 Å². The van der Waals surface area contributed by atoms with Gasteiger partial charge in [0.25, 0.3) is 5.56 Å². The first-order chi connectivity index (χ1) is 14.3. The maximum Gasteiger partial charge on any atom is 0.332 e. The van der Waals surface area contributed by atoms with Gasteiger partial charge < -0.3 is 24.1 Å². The average Bonchev–Trinajstić information content (AvgIpc) is 3.09. The predicted molar refractivity (Wildman–Crippen MR) is 108 cm³/mol. The normalized spacial score (nSPS) is 16.0. The van der Waals surface area contributed by atoms with Gasteiger partial charge in [-0.1, -0.05) is 6.92 Å². The molecule has 30 heavy (non-hydrogen) atoms. The van der Waals surface area contributed by atoms with Gasteiger partial charge in [0.2, 0.25) is 5.95 Å². The summed E-state index contributed by atoms with van der Waals surface area (Å²) in [6.45, 7) is 4.94. The van der Waals surface area contributed by atoms with E-state index in [-0.39, 0.29) is 17.1 Å². The number of anilines is 2. The SMILES string of the molecule is CCOc1ccc(N2CC(C)Cn3c2nc2c3c(=O)n(CC(=O)[O-])c(=O)n2C)cc1. The van der Waals surface area contributed by atoms with Crippen molar-refractivity contribution in [3.05, 3.63) is 45.1 Å². The van der Waals surface area contributed by atoms with Gasteiger partial charge >= 0.3 is 5.69 Å². The summed E-state index contributed by atoms with van der Waals surface area (Å²) in [5, 5.41) is 11.1. The molecule has 0 saturated carbocycles. The van der Waals surface area contributed by atoms with Crippen LogP contribution in [0.4, 0.5) is 11.6 Å². The Kier molecular flexibility index (Phi) is 4.84. The summed E-state index contributed by atoms with van der Waals surface area (Å²) in [6.07, 6.45) is 0. The number of carboxylic acid groups (broad SMARTS) is 1. The van der Waals surface area contributed by atoms with Crippen LogP contribution in [-0.4, -0.2) is 37.8 Å². The molecule has 3 heterocycles. The van der Waals surface area contributed by atoms with Crippen LogP contribution in [-0.2, 0) is 24.9 Å². The lowest BCUT2D eigenvalue weighted by Crippen LogP contribution is -2.44. The molecule has 158 valence electrons. The minimum atomic E-state index is -1.50. The van der Waals surface area contributed by atoms with Crippen molar-refractivity contribution in [2.45, 2.75) is 26.9 Å². The van der Waals surface area contributed by atoms with Gasteiger partial charge in [-0.25, -0.2) is 4.79 Å². The highest BCUT2D eigenvalue weighted by molar-refractivity contribution is 5.77. The van der Waals surface area contributed by atoms with Crippen LogP contribution in [0.15, 0.2) is 33.9 Å². The van der Waals surface area contributed by atoms with Gasteiger partial charge in [-0.3, -0.25) is 13.9 Å². The Balaban J connectivity index is 1.92. The number of aliphatic carboxylic acids is 1. The fourth-order valence-electron chi connectivity index (χ4n) is 3.88. The van der Waals surface area contributed by atoms with E-state index in [9.17, 15) is 19.5 Å². The Morgan fingerprint density at radius 1 is 1.23 bits per heavy atom. The van der Waals surface area contributed by atoms with E-state index in [2.05, 4.69) is 11.9 Å². The Labute approximate surface area is 171 Å². The summed E-state index contributed by atoms with van der Waals surface area (Å²) in [5.74, 6) is -0.0260. The van der Waals surface area contributed by atoms with E-state index < -0.39 is 23.8 Å². The van der Waals surface area contributed by atoms with Gasteiger partial charge in [0.1, 0.15) is 5.75 Å². The second-order valence-corrected chi connectivity index (χ2v) is 7.44. The zero-order chi connectivity index (χ0) is 21.6. The molecule has 0 N–H and O–H groups in total. The number of benzene rings is 1. The fourth-order valence-corrected chi connectivity index (χ4v) is 3.88. The van der Waals surface area contributed by atoms with Crippen LogP contribution in [0.25, 0.3) is 11.2 Å². The fraction of sp³-hybridized carbons (Fsp3) is 0.400. The minimum Gasteiger partial charge on any atom is -0.548 e. The van der Waals surface area contributed by atoms with Gasteiger partial charge in [-0.2, -0.15) is 4.98 Å². The van der Waals surface area contributed by atoms with Crippen molar-refractivity contribution >= 4 is 28.8 Å². The van der Waals surface area contributed by atoms with Gasteiger partial charge in [0.15, 0.2) is 11.2 Å². The molecule has 0 aliphatic carbocycles. The van der Waals surface area contributed by atoms with Crippen LogP contribution < -0.4 is 26.0 Å². The van der Waals surface area contributed by atoms with Crippen molar-refractivity contribution in [3.8, 4) is 5.75 Å². The van der Waals surface area contributed by atoms with E-state index in [0.717, 1.165) is 11.4 Å². The summed E-state index contributed by atoms with van der Waals surface area (Å²) >= 11 is 0. The van der Waals surface area contributed by atoms with Crippen molar-refractivity contribution in [1.29, 1.82) is 0 Å². The molecule has 0 bridgehead atoms. The van der Waals surface area contributed by atoms with Gasteiger partial charge in [0.05, 0.1) is 19.1 Å². The Hall–Kier alpha value is -3.56. The lowest BCUT2D eigenvalue weighted by molar-refractivity contribution is -0.306. The Morgan fingerprint density at radius 2 is 1.93 bits per heavy atom. The van der Waals surface area contributed by atoms with Crippen LogP contribution in [0.2, 0.25) is 0 Å². The average molecular weight is 412 g/mol. The first kappa shape index (κ1) is 19.7. The number of hydrogen-bond donors (Lipinski definition) is 0. The largest absolute Gasteiger partial charge is 0.548 e. The number of nitrogens with zero attached hydrogens (tertiary/aromatic N) is 5. The highest BCUT2D eigenvalue weighted by atomic mass is 16.5. The Bertz CT molecular complexity index is 1240. The van der Waals surface area contributed by atoms with E-state index >= 15 is 0 Å². The molecule has 0 radical (unpaired) electrons. The van der Waals surface area contributed by atoms with Gasteiger partial charge in [-0.05, 0) is 37.1 Å². The number of hydrogen-bond acceptors (Lipinski definition) is 7.